The molecule has 7 nitrogen and oxygen atoms in total. The van der Waals surface area contributed by atoms with E-state index in [0.717, 1.165) is 0 Å². The molecule has 7 heteroatoms. The van der Waals surface area contributed by atoms with Crippen LogP contribution in [0, 0.1) is 0 Å². The first-order valence-corrected chi connectivity index (χ1v) is 7.49. The number of benzene rings is 1. The molecular weight excluding hydrogens is 304 g/mol. The van der Waals surface area contributed by atoms with Gasteiger partial charge in [0, 0.05) is 18.1 Å². The van der Waals surface area contributed by atoms with Gasteiger partial charge in [-0.1, -0.05) is 6.07 Å². The molecule has 0 bridgehead atoms. The molecule has 1 aliphatic carbocycles. The van der Waals surface area contributed by atoms with E-state index in [1.807, 2.05) is 0 Å². The van der Waals surface area contributed by atoms with Crippen molar-refractivity contribution >= 4 is 11.9 Å². The van der Waals surface area contributed by atoms with Gasteiger partial charge in [-0.2, -0.15) is 0 Å². The minimum absolute atomic E-state index is 0.00722. The fourth-order valence-electron chi connectivity index (χ4n) is 4.97. The highest BCUT2D eigenvalue weighted by Gasteiger charge is 2.82. The Kier molecular flexibility index (Phi) is 2.07. The predicted molar refractivity (Wildman–Crippen MR) is 72.8 cm³/mol. The first kappa shape index (κ1) is 13.2. The van der Waals surface area contributed by atoms with E-state index < -0.39 is 34.7 Å². The summed E-state index contributed by atoms with van der Waals surface area (Å²) in [5.74, 6) is -1.01. The van der Waals surface area contributed by atoms with Crippen molar-refractivity contribution in [3.05, 3.63) is 23.8 Å². The first-order chi connectivity index (χ1) is 10.9. The highest BCUT2D eigenvalue weighted by atomic mass is 16.6. The van der Waals surface area contributed by atoms with Gasteiger partial charge >= 0.3 is 11.9 Å². The normalized spacial score (nSPS) is 42.9. The molecular formula is C16H14O7. The molecule has 1 saturated carbocycles. The maximum absolute atomic E-state index is 11.9. The second-order valence-corrected chi connectivity index (χ2v) is 6.91. The molecule has 23 heavy (non-hydrogen) atoms. The van der Waals surface area contributed by atoms with Crippen molar-refractivity contribution in [3.63, 3.8) is 0 Å². The lowest BCUT2D eigenvalue weighted by molar-refractivity contribution is -0.156. The minimum atomic E-state index is -1.29. The van der Waals surface area contributed by atoms with Crippen molar-refractivity contribution in [2.45, 2.75) is 42.0 Å². The van der Waals surface area contributed by atoms with E-state index in [-0.39, 0.29) is 31.6 Å². The summed E-state index contributed by atoms with van der Waals surface area (Å²) >= 11 is 0. The molecule has 0 aromatic heterocycles. The van der Waals surface area contributed by atoms with Gasteiger partial charge in [0.05, 0.1) is 18.8 Å². The number of fused-ring (bicyclic) bond motifs is 3. The summed E-state index contributed by atoms with van der Waals surface area (Å²) < 4.78 is 16.7. The third-order valence-electron chi connectivity index (χ3n) is 5.59. The molecule has 3 fully saturated rings. The summed E-state index contributed by atoms with van der Waals surface area (Å²) in [4.78, 5) is 23.9. The van der Waals surface area contributed by atoms with Crippen LogP contribution in [-0.4, -0.2) is 45.6 Å². The zero-order valence-corrected chi connectivity index (χ0v) is 12.1. The highest BCUT2D eigenvalue weighted by Crippen LogP contribution is 2.68. The molecule has 0 unspecified atom stereocenters. The number of phenols is 1. The summed E-state index contributed by atoms with van der Waals surface area (Å²) in [7, 11) is 0. The lowest BCUT2D eigenvalue weighted by Crippen LogP contribution is -2.50. The Morgan fingerprint density at radius 3 is 2.74 bits per heavy atom. The zero-order chi connectivity index (χ0) is 16.0. The van der Waals surface area contributed by atoms with E-state index in [1.54, 1.807) is 6.07 Å². The van der Waals surface area contributed by atoms with Gasteiger partial charge in [0.2, 0.25) is 0 Å². The number of esters is 2. The molecule has 3 aliphatic heterocycles. The Bertz CT molecular complexity index is 750. The fourth-order valence-corrected chi connectivity index (χ4v) is 4.97. The molecule has 1 aromatic carbocycles. The lowest BCUT2D eigenvalue weighted by atomic mass is 9.73. The number of hydrogen-bond acceptors (Lipinski definition) is 7. The minimum Gasteiger partial charge on any atom is -0.508 e. The van der Waals surface area contributed by atoms with Crippen LogP contribution in [0.4, 0.5) is 0 Å². The van der Waals surface area contributed by atoms with Gasteiger partial charge in [0.15, 0.2) is 11.2 Å². The molecule has 0 spiro atoms. The number of ether oxygens (including phenoxy) is 3. The zero-order valence-electron chi connectivity index (χ0n) is 12.1. The van der Waals surface area contributed by atoms with Crippen molar-refractivity contribution in [2.75, 3.05) is 6.61 Å². The van der Waals surface area contributed by atoms with Gasteiger partial charge in [0.1, 0.15) is 23.7 Å². The Morgan fingerprint density at radius 2 is 1.91 bits per heavy atom. The SMILES string of the molecule is O=C1C[C@]23OC(=O)C[C@@]2(C[C@@]2(O)COc4cc(O)ccc4[C@H]23)O1. The first-order valence-electron chi connectivity index (χ1n) is 7.49. The molecule has 4 aliphatic rings. The van der Waals surface area contributed by atoms with Crippen LogP contribution in [0.15, 0.2) is 18.2 Å². The molecule has 4 atom stereocenters. The van der Waals surface area contributed by atoms with Gasteiger partial charge in [-0.05, 0) is 6.07 Å². The van der Waals surface area contributed by atoms with Crippen molar-refractivity contribution < 1.29 is 34.0 Å². The Balaban J connectivity index is 1.76. The van der Waals surface area contributed by atoms with E-state index in [4.69, 9.17) is 14.2 Å². The van der Waals surface area contributed by atoms with Crippen molar-refractivity contribution in [2.24, 2.45) is 0 Å². The molecule has 120 valence electrons. The fraction of sp³-hybridized carbons (Fsp3) is 0.500. The summed E-state index contributed by atoms with van der Waals surface area (Å²) in [6.07, 6.45) is -0.0283. The molecule has 2 N–H and O–H groups in total. The van der Waals surface area contributed by atoms with Crippen LogP contribution in [-0.2, 0) is 19.1 Å². The number of aliphatic hydroxyl groups is 1. The van der Waals surface area contributed by atoms with E-state index in [0.29, 0.717) is 11.3 Å². The van der Waals surface area contributed by atoms with Crippen molar-refractivity contribution in [1.82, 2.24) is 0 Å². The van der Waals surface area contributed by atoms with Gasteiger partial charge in [-0.15, -0.1) is 0 Å². The number of carbonyl (C=O) groups excluding carboxylic acids is 2. The topological polar surface area (TPSA) is 102 Å². The molecule has 2 saturated heterocycles. The maximum atomic E-state index is 11.9. The Morgan fingerprint density at radius 1 is 1.13 bits per heavy atom. The number of hydrogen-bond donors (Lipinski definition) is 2. The molecule has 3 heterocycles. The van der Waals surface area contributed by atoms with Gasteiger partial charge < -0.3 is 24.4 Å². The average Bonchev–Trinajstić information content (AvgIpc) is 2.90. The Hall–Kier alpha value is -2.28. The van der Waals surface area contributed by atoms with Crippen LogP contribution in [0.1, 0.15) is 30.7 Å². The molecule has 0 radical (unpaired) electrons. The van der Waals surface area contributed by atoms with Crippen LogP contribution in [0.5, 0.6) is 11.5 Å². The van der Waals surface area contributed by atoms with Crippen LogP contribution in [0.3, 0.4) is 0 Å². The summed E-state index contributed by atoms with van der Waals surface area (Å²) in [5.41, 5.74) is -3.01. The smallest absolute Gasteiger partial charge is 0.310 e. The summed E-state index contributed by atoms with van der Waals surface area (Å²) in [6, 6.07) is 4.58. The third-order valence-corrected chi connectivity index (χ3v) is 5.59. The highest BCUT2D eigenvalue weighted by molar-refractivity contribution is 5.84. The maximum Gasteiger partial charge on any atom is 0.310 e. The van der Waals surface area contributed by atoms with E-state index in [1.165, 1.54) is 12.1 Å². The average molecular weight is 318 g/mol. The summed E-state index contributed by atoms with van der Waals surface area (Å²) in [5, 5.41) is 20.8. The number of carbonyl (C=O) groups is 2. The monoisotopic (exact) mass is 318 g/mol. The van der Waals surface area contributed by atoms with Crippen LogP contribution < -0.4 is 4.74 Å². The predicted octanol–water partition coefficient (Wildman–Crippen LogP) is 0.374. The second kappa shape index (κ2) is 3.62. The van der Waals surface area contributed by atoms with Crippen LogP contribution in [0.25, 0.3) is 0 Å². The molecule has 5 rings (SSSR count). The van der Waals surface area contributed by atoms with E-state index in [2.05, 4.69) is 0 Å². The third kappa shape index (κ3) is 1.35. The van der Waals surface area contributed by atoms with Gasteiger partial charge in [-0.3, -0.25) is 9.59 Å². The quantitative estimate of drug-likeness (QED) is 0.666. The molecule has 1 aromatic rings. The van der Waals surface area contributed by atoms with Crippen LogP contribution >= 0.6 is 0 Å². The largest absolute Gasteiger partial charge is 0.508 e. The van der Waals surface area contributed by atoms with E-state index in [9.17, 15) is 19.8 Å². The van der Waals surface area contributed by atoms with Gasteiger partial charge in [-0.25, -0.2) is 0 Å². The lowest BCUT2D eigenvalue weighted by Gasteiger charge is -2.41. The van der Waals surface area contributed by atoms with Crippen molar-refractivity contribution in [3.8, 4) is 11.5 Å². The van der Waals surface area contributed by atoms with Crippen LogP contribution in [0.2, 0.25) is 0 Å². The number of aromatic hydroxyl groups is 1. The standard InChI is InChI=1S/C16H14O7/c17-8-1-2-9-10(3-8)21-7-14(20)6-15-4-11(18)23-16(15,13(9)14)5-12(19)22-15/h1-3,13,17,20H,4-7H2/t13-,14-,15+,16-/m1/s1. The second-order valence-electron chi connectivity index (χ2n) is 6.91. The molecule has 0 amide bonds. The van der Waals surface area contributed by atoms with Crippen molar-refractivity contribution in [1.29, 1.82) is 0 Å². The van der Waals surface area contributed by atoms with Gasteiger partial charge in [0.25, 0.3) is 0 Å². The number of rotatable bonds is 0. The summed E-state index contributed by atoms with van der Waals surface area (Å²) in [6.45, 7) is -0.00722. The van der Waals surface area contributed by atoms with E-state index >= 15 is 0 Å². The number of phenolic OH excluding ortho intramolecular Hbond substituents is 1. The Labute approximate surface area is 130 Å².